The third kappa shape index (κ3) is 4.48. The Kier molecular flexibility index (Phi) is 5.95. The van der Waals surface area contributed by atoms with Gasteiger partial charge in [0.25, 0.3) is 0 Å². The third-order valence-corrected chi connectivity index (χ3v) is 5.34. The number of halogens is 3. The van der Waals surface area contributed by atoms with Gasteiger partial charge in [-0.05, 0) is 44.0 Å². The van der Waals surface area contributed by atoms with E-state index in [4.69, 9.17) is 6.57 Å². The molecule has 2 aromatic rings. The van der Waals surface area contributed by atoms with E-state index in [0.717, 1.165) is 31.3 Å². The summed E-state index contributed by atoms with van der Waals surface area (Å²) in [6, 6.07) is 13.4. The Morgan fingerprint density at radius 2 is 1.82 bits per heavy atom. The molecule has 0 amide bonds. The first kappa shape index (κ1) is 20.2. The summed E-state index contributed by atoms with van der Waals surface area (Å²) in [5, 5.41) is 0. The molecule has 3 nitrogen and oxygen atoms in total. The predicted octanol–water partition coefficient (Wildman–Crippen LogP) is 5.75. The molecule has 28 heavy (non-hydrogen) atoms. The van der Waals surface area contributed by atoms with E-state index in [9.17, 15) is 13.2 Å². The number of anilines is 1. The van der Waals surface area contributed by atoms with Crippen molar-refractivity contribution in [1.82, 2.24) is 4.90 Å². The second kappa shape index (κ2) is 8.24. The van der Waals surface area contributed by atoms with Crippen LogP contribution in [0.15, 0.2) is 48.5 Å². The first-order valence-corrected chi connectivity index (χ1v) is 9.43. The van der Waals surface area contributed by atoms with Gasteiger partial charge in [-0.15, -0.1) is 0 Å². The molecule has 1 fully saturated rings. The van der Waals surface area contributed by atoms with E-state index >= 15 is 0 Å². The van der Waals surface area contributed by atoms with Crippen molar-refractivity contribution in [2.75, 3.05) is 18.0 Å². The lowest BCUT2D eigenvalue weighted by Gasteiger charge is -2.33. The Bertz CT molecular complexity index is 837. The molecule has 1 atom stereocenters. The molecule has 6 heteroatoms. The Morgan fingerprint density at radius 1 is 1.14 bits per heavy atom. The Hall–Kier alpha value is -2.52. The minimum absolute atomic E-state index is 0.127. The molecule has 3 rings (SSSR count). The van der Waals surface area contributed by atoms with Gasteiger partial charge in [-0.3, -0.25) is 4.90 Å². The average molecular weight is 387 g/mol. The van der Waals surface area contributed by atoms with Gasteiger partial charge in [0, 0.05) is 37.4 Å². The van der Waals surface area contributed by atoms with Crippen molar-refractivity contribution in [2.24, 2.45) is 0 Å². The van der Waals surface area contributed by atoms with Crippen molar-refractivity contribution in [2.45, 2.75) is 45.1 Å². The van der Waals surface area contributed by atoms with Crippen LogP contribution in [0.1, 0.15) is 31.4 Å². The smallest absolute Gasteiger partial charge is 0.363 e. The van der Waals surface area contributed by atoms with Gasteiger partial charge in [0.15, 0.2) is 5.69 Å². The summed E-state index contributed by atoms with van der Waals surface area (Å²) < 4.78 is 40.5. The molecule has 2 aromatic carbocycles. The van der Waals surface area contributed by atoms with E-state index in [1.165, 1.54) is 6.07 Å². The third-order valence-electron chi connectivity index (χ3n) is 5.34. The summed E-state index contributed by atoms with van der Waals surface area (Å²) in [5.74, 6) is 0. The SMILES string of the molecule is [C-]#[N+]c1ccc(N(Cc2ccccc2C(F)(F)F)[C@H]2CCN(C(C)C)C2)cc1. The number of benzene rings is 2. The summed E-state index contributed by atoms with van der Waals surface area (Å²) in [4.78, 5) is 7.81. The Labute approximate surface area is 164 Å². The summed E-state index contributed by atoms with van der Waals surface area (Å²) in [7, 11) is 0. The van der Waals surface area contributed by atoms with Gasteiger partial charge in [-0.2, -0.15) is 13.2 Å². The van der Waals surface area contributed by atoms with Crippen LogP contribution >= 0.6 is 0 Å². The van der Waals surface area contributed by atoms with Gasteiger partial charge in [-0.25, -0.2) is 4.85 Å². The second-order valence-electron chi connectivity index (χ2n) is 7.44. The van der Waals surface area contributed by atoms with E-state index in [1.807, 2.05) is 12.1 Å². The first-order chi connectivity index (χ1) is 13.3. The lowest BCUT2D eigenvalue weighted by atomic mass is 10.0. The zero-order valence-corrected chi connectivity index (χ0v) is 16.1. The van der Waals surface area contributed by atoms with Crippen molar-refractivity contribution in [1.29, 1.82) is 0 Å². The molecule has 0 saturated carbocycles. The first-order valence-electron chi connectivity index (χ1n) is 9.43. The molecule has 0 N–H and O–H groups in total. The van der Waals surface area contributed by atoms with Crippen LogP contribution in [0.5, 0.6) is 0 Å². The van der Waals surface area contributed by atoms with Crippen molar-refractivity contribution in [3.8, 4) is 0 Å². The molecule has 1 aliphatic rings. The highest BCUT2D eigenvalue weighted by molar-refractivity contribution is 5.56. The molecule has 0 radical (unpaired) electrons. The van der Waals surface area contributed by atoms with E-state index < -0.39 is 11.7 Å². The number of hydrogen-bond donors (Lipinski definition) is 0. The van der Waals surface area contributed by atoms with Gasteiger partial charge < -0.3 is 4.90 Å². The molecule has 148 valence electrons. The number of likely N-dealkylation sites (tertiary alicyclic amines) is 1. The van der Waals surface area contributed by atoms with Crippen LogP contribution in [0.25, 0.3) is 4.85 Å². The number of nitrogens with zero attached hydrogens (tertiary/aromatic N) is 3. The van der Waals surface area contributed by atoms with Crippen molar-refractivity contribution in [3.63, 3.8) is 0 Å². The number of alkyl halides is 3. The quantitative estimate of drug-likeness (QED) is 0.606. The Morgan fingerprint density at radius 3 is 2.39 bits per heavy atom. The van der Waals surface area contributed by atoms with Crippen molar-refractivity contribution >= 4 is 11.4 Å². The summed E-state index contributed by atoms with van der Waals surface area (Å²) >= 11 is 0. The topological polar surface area (TPSA) is 10.8 Å². The van der Waals surface area contributed by atoms with Crippen molar-refractivity contribution < 1.29 is 13.2 Å². The highest BCUT2D eigenvalue weighted by Gasteiger charge is 2.35. The molecule has 0 aliphatic carbocycles. The minimum Gasteiger partial charge on any atom is -0.363 e. The molecule has 1 heterocycles. The minimum atomic E-state index is -4.38. The molecule has 0 spiro atoms. The van der Waals surface area contributed by atoms with Gasteiger partial charge in [0.05, 0.1) is 12.1 Å². The summed E-state index contributed by atoms with van der Waals surface area (Å²) in [6.45, 7) is 13.3. The van der Waals surface area contributed by atoms with Crippen LogP contribution in [-0.4, -0.2) is 30.1 Å². The maximum Gasteiger partial charge on any atom is 0.416 e. The summed E-state index contributed by atoms with van der Waals surface area (Å²) in [6.07, 6.45) is -3.48. The van der Waals surface area contributed by atoms with Crippen LogP contribution in [0.3, 0.4) is 0 Å². The normalized spacial score (nSPS) is 17.7. The maximum atomic E-state index is 13.5. The highest BCUT2D eigenvalue weighted by Crippen LogP contribution is 2.34. The lowest BCUT2D eigenvalue weighted by molar-refractivity contribution is -0.138. The second-order valence-corrected chi connectivity index (χ2v) is 7.44. The van der Waals surface area contributed by atoms with E-state index in [1.54, 1.807) is 24.3 Å². The standard InChI is InChI=1S/C22H24F3N3/c1-16(2)27-13-12-20(15-27)28(19-10-8-18(26-3)9-11-19)14-17-6-4-5-7-21(17)22(23,24)25/h4-11,16,20H,12-15H2,1-2H3/t20-/m0/s1. The fraction of sp³-hybridized carbons (Fsp3) is 0.409. The van der Waals surface area contributed by atoms with Gasteiger partial charge in [-0.1, -0.05) is 30.3 Å². The van der Waals surface area contributed by atoms with E-state index in [2.05, 4.69) is 28.5 Å². The van der Waals surface area contributed by atoms with Crippen molar-refractivity contribution in [3.05, 3.63) is 71.1 Å². The zero-order chi connectivity index (χ0) is 20.3. The molecular weight excluding hydrogens is 363 g/mol. The maximum absolute atomic E-state index is 13.5. The predicted molar refractivity (Wildman–Crippen MR) is 105 cm³/mol. The van der Waals surface area contributed by atoms with Crippen LogP contribution in [0.2, 0.25) is 0 Å². The van der Waals surface area contributed by atoms with Crippen LogP contribution in [0.4, 0.5) is 24.5 Å². The van der Waals surface area contributed by atoms with Crippen LogP contribution < -0.4 is 4.90 Å². The van der Waals surface area contributed by atoms with E-state index in [0.29, 0.717) is 11.7 Å². The van der Waals surface area contributed by atoms with E-state index in [-0.39, 0.29) is 18.2 Å². The highest BCUT2D eigenvalue weighted by atomic mass is 19.4. The number of hydrogen-bond acceptors (Lipinski definition) is 2. The Balaban J connectivity index is 1.94. The molecular formula is C22H24F3N3. The van der Waals surface area contributed by atoms with Gasteiger partial charge in [0.1, 0.15) is 0 Å². The molecule has 0 unspecified atom stereocenters. The monoisotopic (exact) mass is 387 g/mol. The average Bonchev–Trinajstić information content (AvgIpc) is 3.16. The fourth-order valence-corrected chi connectivity index (χ4v) is 3.76. The number of rotatable bonds is 5. The fourth-order valence-electron chi connectivity index (χ4n) is 3.76. The lowest BCUT2D eigenvalue weighted by Crippen LogP contribution is -2.39. The summed E-state index contributed by atoms with van der Waals surface area (Å²) in [5.41, 5.74) is 1.05. The molecule has 1 saturated heterocycles. The van der Waals surface area contributed by atoms with Crippen LogP contribution in [0, 0.1) is 6.57 Å². The molecule has 0 aromatic heterocycles. The van der Waals surface area contributed by atoms with Gasteiger partial charge in [0.2, 0.25) is 0 Å². The molecule has 0 bridgehead atoms. The van der Waals surface area contributed by atoms with Crippen LogP contribution in [-0.2, 0) is 12.7 Å². The van der Waals surface area contributed by atoms with Gasteiger partial charge >= 0.3 is 6.18 Å². The zero-order valence-electron chi connectivity index (χ0n) is 16.1. The molecule has 1 aliphatic heterocycles. The largest absolute Gasteiger partial charge is 0.416 e.